The van der Waals surface area contributed by atoms with E-state index in [2.05, 4.69) is 9.98 Å². The predicted molar refractivity (Wildman–Crippen MR) is 144 cm³/mol. The first-order valence-electron chi connectivity index (χ1n) is 12.0. The number of nitrogens with zero attached hydrogens (tertiary/aromatic N) is 3. The van der Waals surface area contributed by atoms with E-state index in [4.69, 9.17) is 21.1 Å². The van der Waals surface area contributed by atoms with Crippen molar-refractivity contribution < 1.29 is 18.7 Å². The first-order valence-corrected chi connectivity index (χ1v) is 12.4. The van der Waals surface area contributed by atoms with Crippen molar-refractivity contribution in [3.63, 3.8) is 0 Å². The van der Waals surface area contributed by atoms with Crippen LogP contribution >= 0.6 is 11.6 Å². The maximum atomic E-state index is 14.6. The van der Waals surface area contributed by atoms with Gasteiger partial charge in [-0.3, -0.25) is 9.55 Å². The second-order valence-corrected chi connectivity index (χ2v) is 9.35. The van der Waals surface area contributed by atoms with E-state index in [0.717, 1.165) is 16.2 Å². The number of benzene rings is 3. The molecule has 1 aromatic heterocycles. The van der Waals surface area contributed by atoms with Crippen LogP contribution in [-0.2, 0) is 17.8 Å². The molecule has 9 nitrogen and oxygen atoms in total. The fourth-order valence-corrected chi connectivity index (χ4v) is 3.90. The Morgan fingerprint density at radius 3 is 2.18 bits per heavy atom. The molecule has 11 heteroatoms. The molecule has 0 aliphatic carbocycles. The second kappa shape index (κ2) is 12.0. The number of rotatable bonds is 8. The number of H-pyrrole nitrogens is 1. The largest absolute Gasteiger partial charge is 0.488 e. The Morgan fingerprint density at radius 2 is 1.59 bits per heavy atom. The maximum absolute atomic E-state index is 14.6. The van der Waals surface area contributed by atoms with Crippen molar-refractivity contribution in [2.75, 3.05) is 7.11 Å². The summed E-state index contributed by atoms with van der Waals surface area (Å²) in [4.78, 5) is 45.3. The van der Waals surface area contributed by atoms with E-state index in [1.54, 1.807) is 62.4 Å². The minimum atomic E-state index is -0.705. The lowest BCUT2D eigenvalue weighted by Crippen LogP contribution is -2.50. The van der Waals surface area contributed by atoms with Crippen LogP contribution in [0.15, 0.2) is 81.3 Å². The molecule has 3 aromatic carbocycles. The zero-order valence-corrected chi connectivity index (χ0v) is 22.2. The minimum Gasteiger partial charge on any atom is -0.488 e. The number of hydrogen-bond acceptors (Lipinski definition) is 6. The van der Waals surface area contributed by atoms with Crippen LogP contribution in [-0.4, -0.2) is 33.3 Å². The SMILES string of the molecule is COC(=O)c1ccc(Cn2c(=O)[nH]/c(=N\c3ccc(OC(C)C)c(F)c3)n(Cc3ccc(Cl)cc3)c2=O)cc1. The minimum absolute atomic E-state index is 0.0594. The highest BCUT2D eigenvalue weighted by atomic mass is 35.5. The van der Waals surface area contributed by atoms with Crippen molar-refractivity contribution >= 4 is 23.3 Å². The summed E-state index contributed by atoms with van der Waals surface area (Å²) in [7, 11) is 1.28. The van der Waals surface area contributed by atoms with Crippen molar-refractivity contribution in [2.24, 2.45) is 4.99 Å². The van der Waals surface area contributed by atoms with E-state index >= 15 is 0 Å². The monoisotopic (exact) mass is 552 g/mol. The summed E-state index contributed by atoms with van der Waals surface area (Å²) in [6.07, 6.45) is -0.218. The number of hydrogen-bond donors (Lipinski definition) is 1. The Balaban J connectivity index is 1.80. The van der Waals surface area contributed by atoms with Crippen molar-refractivity contribution in [2.45, 2.75) is 33.0 Å². The summed E-state index contributed by atoms with van der Waals surface area (Å²) in [6, 6.07) is 17.3. The molecule has 0 spiro atoms. The third-order valence-electron chi connectivity index (χ3n) is 5.66. The molecular formula is C28H26ClFN4O5. The molecule has 0 bridgehead atoms. The summed E-state index contributed by atoms with van der Waals surface area (Å²) >= 11 is 6.01. The van der Waals surface area contributed by atoms with E-state index in [0.29, 0.717) is 16.1 Å². The summed E-state index contributed by atoms with van der Waals surface area (Å²) in [6.45, 7) is 3.56. The van der Waals surface area contributed by atoms with Crippen molar-refractivity contribution in [1.29, 1.82) is 0 Å². The van der Waals surface area contributed by atoms with Gasteiger partial charge in [0.25, 0.3) is 0 Å². The first kappa shape index (κ1) is 27.6. The third-order valence-corrected chi connectivity index (χ3v) is 5.92. The fourth-order valence-electron chi connectivity index (χ4n) is 3.77. The van der Waals surface area contributed by atoms with E-state index in [9.17, 15) is 18.8 Å². The van der Waals surface area contributed by atoms with Gasteiger partial charge in [0.2, 0.25) is 5.62 Å². The Hall–Kier alpha value is -4.44. The van der Waals surface area contributed by atoms with Crippen LogP contribution in [0.2, 0.25) is 5.02 Å². The van der Waals surface area contributed by atoms with Gasteiger partial charge in [0, 0.05) is 11.1 Å². The standard InChI is InChI=1S/C28H26ClFN4O5/c1-17(2)39-24-13-12-22(14-23(24)30)31-26-32-27(36)34(16-18-4-8-20(9-5-18)25(35)38-3)28(37)33(26)15-19-6-10-21(29)11-7-19/h4-14,17H,15-16H2,1-3H3,(H,31,32,36). The van der Waals surface area contributed by atoms with Gasteiger partial charge >= 0.3 is 17.3 Å². The highest BCUT2D eigenvalue weighted by Gasteiger charge is 2.13. The van der Waals surface area contributed by atoms with Crippen LogP contribution in [0.4, 0.5) is 10.1 Å². The number of methoxy groups -OCH3 is 1. The molecule has 0 saturated heterocycles. The Bertz CT molecular complexity index is 1670. The normalized spacial score (nSPS) is 11.6. The lowest BCUT2D eigenvalue weighted by Gasteiger charge is -2.12. The van der Waals surface area contributed by atoms with Gasteiger partial charge in [-0.2, -0.15) is 0 Å². The van der Waals surface area contributed by atoms with Crippen LogP contribution < -0.4 is 21.7 Å². The zero-order valence-electron chi connectivity index (χ0n) is 21.5. The molecule has 39 heavy (non-hydrogen) atoms. The van der Waals surface area contributed by atoms with Crippen molar-refractivity contribution in [1.82, 2.24) is 14.1 Å². The number of carbonyl (C=O) groups excluding carboxylic acids is 1. The second-order valence-electron chi connectivity index (χ2n) is 8.92. The Kier molecular flexibility index (Phi) is 8.46. The Morgan fingerprint density at radius 1 is 0.974 bits per heavy atom. The lowest BCUT2D eigenvalue weighted by molar-refractivity contribution is 0.0600. The molecule has 0 unspecified atom stereocenters. The summed E-state index contributed by atoms with van der Waals surface area (Å²) < 4.78 is 27.0. The van der Waals surface area contributed by atoms with Gasteiger partial charge in [0.1, 0.15) is 0 Å². The van der Waals surface area contributed by atoms with Crippen molar-refractivity contribution in [3.05, 3.63) is 121 Å². The topological polar surface area (TPSA) is 108 Å². The number of aromatic nitrogens is 3. The van der Waals surface area contributed by atoms with Crippen LogP contribution in [0, 0.1) is 5.82 Å². The number of halogens is 2. The summed E-state index contributed by atoms with van der Waals surface area (Å²) in [5.74, 6) is -1.05. The Labute approximate surface area is 227 Å². The van der Waals surface area contributed by atoms with Crippen LogP contribution in [0.3, 0.4) is 0 Å². The molecule has 0 saturated carbocycles. The number of ether oxygens (including phenoxy) is 2. The molecule has 1 N–H and O–H groups in total. The molecule has 0 atom stereocenters. The van der Waals surface area contributed by atoms with Crippen LogP contribution in [0.25, 0.3) is 0 Å². The lowest BCUT2D eigenvalue weighted by atomic mass is 10.1. The van der Waals surface area contributed by atoms with Crippen molar-refractivity contribution in [3.8, 4) is 5.75 Å². The molecule has 202 valence electrons. The van der Waals surface area contributed by atoms with Gasteiger partial charge in [0.15, 0.2) is 11.6 Å². The molecule has 1 heterocycles. The first-order chi connectivity index (χ1) is 18.6. The van der Waals surface area contributed by atoms with Gasteiger partial charge < -0.3 is 9.47 Å². The van der Waals surface area contributed by atoms with Gasteiger partial charge in [0.05, 0.1) is 37.6 Å². The fraction of sp³-hybridized carbons (Fsp3) is 0.214. The number of carbonyl (C=O) groups is 1. The highest BCUT2D eigenvalue weighted by Crippen LogP contribution is 2.23. The molecular weight excluding hydrogens is 527 g/mol. The summed E-state index contributed by atoms with van der Waals surface area (Å²) in [5.41, 5.74) is 0.458. The predicted octanol–water partition coefficient (Wildman–Crippen LogP) is 4.03. The molecule has 4 aromatic rings. The molecule has 4 rings (SSSR count). The van der Waals surface area contributed by atoms with Crippen LogP contribution in [0.1, 0.15) is 35.3 Å². The average Bonchev–Trinajstić information content (AvgIpc) is 2.91. The van der Waals surface area contributed by atoms with E-state index in [1.807, 2.05) is 0 Å². The van der Waals surface area contributed by atoms with Gasteiger partial charge in [-0.1, -0.05) is 35.9 Å². The molecule has 0 radical (unpaired) electrons. The smallest absolute Gasteiger partial charge is 0.337 e. The molecule has 0 amide bonds. The highest BCUT2D eigenvalue weighted by molar-refractivity contribution is 6.30. The quantitative estimate of drug-likeness (QED) is 0.332. The van der Waals surface area contributed by atoms with E-state index < -0.39 is 23.2 Å². The maximum Gasteiger partial charge on any atom is 0.337 e. The van der Waals surface area contributed by atoms with E-state index in [-0.39, 0.29) is 36.2 Å². The van der Waals surface area contributed by atoms with Gasteiger partial charge in [-0.25, -0.2) is 28.3 Å². The van der Waals surface area contributed by atoms with Crippen LogP contribution in [0.5, 0.6) is 5.75 Å². The number of nitrogens with one attached hydrogen (secondary N) is 1. The molecule has 0 aliphatic heterocycles. The molecule has 0 aliphatic rings. The number of aromatic amines is 1. The third kappa shape index (κ3) is 6.71. The zero-order chi connectivity index (χ0) is 28.1. The van der Waals surface area contributed by atoms with E-state index in [1.165, 1.54) is 23.8 Å². The number of esters is 1. The molecule has 0 fully saturated rings. The summed E-state index contributed by atoms with van der Waals surface area (Å²) in [5, 5.41) is 0.530. The van der Waals surface area contributed by atoms with Gasteiger partial charge in [-0.15, -0.1) is 0 Å². The van der Waals surface area contributed by atoms with Gasteiger partial charge in [-0.05, 0) is 61.4 Å². The average molecular weight is 553 g/mol.